The van der Waals surface area contributed by atoms with Gasteiger partial charge in [-0.3, -0.25) is 14.8 Å². The van der Waals surface area contributed by atoms with Crippen molar-refractivity contribution >= 4 is 17.0 Å². The molecule has 0 radical (unpaired) electrons. The lowest BCUT2D eigenvalue weighted by atomic mass is 10.1. The van der Waals surface area contributed by atoms with Crippen LogP contribution >= 0.6 is 0 Å². The zero-order valence-electron chi connectivity index (χ0n) is 13.6. The molecule has 0 aliphatic rings. The Morgan fingerprint density at radius 3 is 2.50 bits per heavy atom. The fraction of sp³-hybridized carbons (Fsp3) is 0.200. The second-order valence-corrected chi connectivity index (χ2v) is 5.91. The first-order valence-corrected chi connectivity index (χ1v) is 8.06. The highest BCUT2D eigenvalue weighted by Gasteiger charge is 2.09. The predicted octanol–water partition coefficient (Wildman–Crippen LogP) is 3.67. The summed E-state index contributed by atoms with van der Waals surface area (Å²) in [6, 6.07) is 17.6. The van der Waals surface area contributed by atoms with Gasteiger partial charge in [-0.05, 0) is 31.4 Å². The van der Waals surface area contributed by atoms with E-state index in [4.69, 9.17) is 0 Å². The van der Waals surface area contributed by atoms with Crippen molar-refractivity contribution in [2.24, 2.45) is 4.99 Å². The number of aromatic nitrogens is 1. The molecule has 0 amide bonds. The van der Waals surface area contributed by atoms with E-state index in [1.54, 1.807) is 18.3 Å². The monoisotopic (exact) mass is 320 g/mol. The number of pyridine rings is 1. The van der Waals surface area contributed by atoms with E-state index in [2.05, 4.69) is 22.1 Å². The molecule has 0 saturated carbocycles. The van der Waals surface area contributed by atoms with Gasteiger partial charge in [-0.2, -0.15) is 0 Å². The first-order valence-electron chi connectivity index (χ1n) is 8.06. The molecule has 0 spiro atoms. The van der Waals surface area contributed by atoms with Crippen LogP contribution in [0.5, 0.6) is 5.88 Å². The lowest BCUT2D eigenvalue weighted by Crippen LogP contribution is -2.08. The molecule has 1 atom stereocenters. The van der Waals surface area contributed by atoms with Crippen LogP contribution in [0.2, 0.25) is 0 Å². The van der Waals surface area contributed by atoms with Crippen molar-refractivity contribution in [3.05, 3.63) is 76.1 Å². The third kappa shape index (κ3) is 3.54. The molecule has 1 unspecified atom stereocenters. The molecular formula is C20H20N2O2. The van der Waals surface area contributed by atoms with E-state index in [0.717, 1.165) is 12.8 Å². The summed E-state index contributed by atoms with van der Waals surface area (Å²) in [5, 5.41) is 11.3. The van der Waals surface area contributed by atoms with E-state index in [0.29, 0.717) is 16.3 Å². The SMILES string of the molecule is CC(CCc1ccccc1)N=Cc1c(O)[nH]c(=O)c2ccccc12. The van der Waals surface area contributed by atoms with Crippen molar-refractivity contribution in [1.29, 1.82) is 0 Å². The molecule has 0 saturated heterocycles. The molecule has 0 aliphatic heterocycles. The zero-order valence-corrected chi connectivity index (χ0v) is 13.6. The molecule has 4 heteroatoms. The summed E-state index contributed by atoms with van der Waals surface area (Å²) in [6.45, 7) is 2.05. The summed E-state index contributed by atoms with van der Waals surface area (Å²) in [5.74, 6) is -0.141. The van der Waals surface area contributed by atoms with Crippen LogP contribution in [0.25, 0.3) is 10.8 Å². The summed E-state index contributed by atoms with van der Waals surface area (Å²) >= 11 is 0. The summed E-state index contributed by atoms with van der Waals surface area (Å²) in [5.41, 5.74) is 1.55. The predicted molar refractivity (Wildman–Crippen MR) is 98.1 cm³/mol. The molecule has 4 nitrogen and oxygen atoms in total. The van der Waals surface area contributed by atoms with Gasteiger partial charge in [0.1, 0.15) is 0 Å². The standard InChI is InChI=1S/C20H20N2O2/c1-14(11-12-15-7-3-2-4-8-15)21-13-18-16-9-5-6-10-17(16)19(23)22-20(18)24/h2-10,13-14H,11-12H2,1H3,(H2,22,23,24). The van der Waals surface area contributed by atoms with Crippen molar-refractivity contribution in [3.8, 4) is 5.88 Å². The molecule has 24 heavy (non-hydrogen) atoms. The van der Waals surface area contributed by atoms with E-state index >= 15 is 0 Å². The molecule has 1 heterocycles. The van der Waals surface area contributed by atoms with Gasteiger partial charge in [0.05, 0.1) is 5.56 Å². The van der Waals surface area contributed by atoms with Gasteiger partial charge < -0.3 is 5.11 Å². The Balaban J connectivity index is 1.79. The van der Waals surface area contributed by atoms with Crippen LogP contribution in [0.3, 0.4) is 0 Å². The molecule has 0 aliphatic carbocycles. The largest absolute Gasteiger partial charge is 0.494 e. The number of aromatic hydroxyl groups is 1. The zero-order chi connectivity index (χ0) is 16.9. The quantitative estimate of drug-likeness (QED) is 0.704. The number of benzene rings is 2. The highest BCUT2D eigenvalue weighted by Crippen LogP contribution is 2.20. The second-order valence-electron chi connectivity index (χ2n) is 5.91. The summed E-state index contributed by atoms with van der Waals surface area (Å²) < 4.78 is 0. The molecule has 3 rings (SSSR count). The maximum absolute atomic E-state index is 11.9. The van der Waals surface area contributed by atoms with Gasteiger partial charge in [0.25, 0.3) is 5.56 Å². The maximum atomic E-state index is 11.9. The third-order valence-corrected chi connectivity index (χ3v) is 4.10. The summed E-state index contributed by atoms with van der Waals surface area (Å²) in [7, 11) is 0. The summed E-state index contributed by atoms with van der Waals surface area (Å²) in [6.07, 6.45) is 3.53. The number of hydrogen-bond donors (Lipinski definition) is 2. The van der Waals surface area contributed by atoms with E-state index in [1.165, 1.54) is 5.56 Å². The van der Waals surface area contributed by atoms with Crippen molar-refractivity contribution in [2.75, 3.05) is 0 Å². The average Bonchev–Trinajstić information content (AvgIpc) is 2.60. The Morgan fingerprint density at radius 1 is 1.08 bits per heavy atom. The molecule has 1 aromatic heterocycles. The Labute approximate surface area is 140 Å². The number of hydrogen-bond acceptors (Lipinski definition) is 3. The van der Waals surface area contributed by atoms with Crippen LogP contribution in [-0.4, -0.2) is 22.3 Å². The van der Waals surface area contributed by atoms with Gasteiger partial charge in [0.2, 0.25) is 5.88 Å². The maximum Gasteiger partial charge on any atom is 0.258 e. The fourth-order valence-corrected chi connectivity index (χ4v) is 2.71. The van der Waals surface area contributed by atoms with E-state index in [9.17, 15) is 9.90 Å². The normalized spacial score (nSPS) is 12.7. The van der Waals surface area contributed by atoms with Gasteiger partial charge >= 0.3 is 0 Å². The van der Waals surface area contributed by atoms with Gasteiger partial charge in [0, 0.05) is 23.0 Å². The minimum Gasteiger partial charge on any atom is -0.494 e. The number of rotatable bonds is 5. The molecule has 2 aromatic carbocycles. The average molecular weight is 320 g/mol. The van der Waals surface area contributed by atoms with Crippen molar-refractivity contribution in [2.45, 2.75) is 25.8 Å². The number of aromatic amines is 1. The fourth-order valence-electron chi connectivity index (χ4n) is 2.71. The topological polar surface area (TPSA) is 65.5 Å². The smallest absolute Gasteiger partial charge is 0.258 e. The van der Waals surface area contributed by atoms with Crippen LogP contribution in [0.4, 0.5) is 0 Å². The first kappa shape index (κ1) is 16.0. The second kappa shape index (κ2) is 7.13. The van der Waals surface area contributed by atoms with Crippen molar-refractivity contribution in [3.63, 3.8) is 0 Å². The van der Waals surface area contributed by atoms with E-state index < -0.39 is 0 Å². The van der Waals surface area contributed by atoms with Crippen LogP contribution < -0.4 is 5.56 Å². The minimum absolute atomic E-state index is 0.121. The van der Waals surface area contributed by atoms with Crippen molar-refractivity contribution < 1.29 is 5.11 Å². The van der Waals surface area contributed by atoms with Crippen LogP contribution in [0.1, 0.15) is 24.5 Å². The Morgan fingerprint density at radius 2 is 1.75 bits per heavy atom. The summed E-state index contributed by atoms with van der Waals surface area (Å²) in [4.78, 5) is 18.9. The number of nitrogens with zero attached hydrogens (tertiary/aromatic N) is 1. The van der Waals surface area contributed by atoms with E-state index in [1.807, 2.05) is 37.3 Å². The number of fused-ring (bicyclic) bond motifs is 1. The lowest BCUT2D eigenvalue weighted by molar-refractivity contribution is 0.452. The van der Waals surface area contributed by atoms with Crippen LogP contribution in [0, 0.1) is 0 Å². The van der Waals surface area contributed by atoms with Gasteiger partial charge in [-0.25, -0.2) is 0 Å². The van der Waals surface area contributed by atoms with Gasteiger partial charge in [-0.1, -0.05) is 48.5 Å². The Kier molecular flexibility index (Phi) is 4.75. The third-order valence-electron chi connectivity index (χ3n) is 4.10. The molecular weight excluding hydrogens is 300 g/mol. The molecule has 0 fully saturated rings. The first-order chi connectivity index (χ1) is 11.6. The molecule has 0 bridgehead atoms. The number of nitrogens with one attached hydrogen (secondary N) is 1. The number of aliphatic imine (C=N–C) groups is 1. The van der Waals surface area contributed by atoms with E-state index in [-0.39, 0.29) is 17.5 Å². The number of H-pyrrole nitrogens is 1. The lowest BCUT2D eigenvalue weighted by Gasteiger charge is -2.08. The van der Waals surface area contributed by atoms with Crippen LogP contribution in [0.15, 0.2) is 64.4 Å². The molecule has 2 N–H and O–H groups in total. The highest BCUT2D eigenvalue weighted by molar-refractivity contribution is 6.01. The Bertz CT molecular complexity index is 914. The molecule has 3 aromatic rings. The van der Waals surface area contributed by atoms with Crippen molar-refractivity contribution in [1.82, 2.24) is 4.98 Å². The highest BCUT2D eigenvalue weighted by atomic mass is 16.3. The Hall–Kier alpha value is -2.88. The van der Waals surface area contributed by atoms with Gasteiger partial charge in [0.15, 0.2) is 0 Å². The number of aryl methyl sites for hydroxylation is 1. The molecule has 122 valence electrons. The van der Waals surface area contributed by atoms with Crippen LogP contribution in [-0.2, 0) is 6.42 Å². The minimum atomic E-state index is -0.294. The van der Waals surface area contributed by atoms with Gasteiger partial charge in [-0.15, -0.1) is 0 Å².